The Labute approximate surface area is 114 Å². The lowest BCUT2D eigenvalue weighted by atomic mass is 9.73. The second kappa shape index (κ2) is 6.15. The fourth-order valence-electron chi connectivity index (χ4n) is 2.82. The maximum absolute atomic E-state index is 12.4. The SMILES string of the molecule is Cc1cnccc1CNC(=O)C1(CN)CCCCC1. The van der Waals surface area contributed by atoms with Crippen LogP contribution in [0.4, 0.5) is 0 Å². The second-order valence-corrected chi connectivity index (χ2v) is 5.53. The van der Waals surface area contributed by atoms with E-state index in [4.69, 9.17) is 5.73 Å². The molecular formula is C15H23N3O. The maximum Gasteiger partial charge on any atom is 0.227 e. The van der Waals surface area contributed by atoms with Gasteiger partial charge in [0.1, 0.15) is 0 Å². The zero-order valence-corrected chi connectivity index (χ0v) is 11.6. The first-order chi connectivity index (χ1) is 9.18. The van der Waals surface area contributed by atoms with E-state index in [-0.39, 0.29) is 11.3 Å². The molecule has 1 aliphatic carbocycles. The minimum absolute atomic E-state index is 0.117. The van der Waals surface area contributed by atoms with Gasteiger partial charge in [0, 0.05) is 25.5 Å². The topological polar surface area (TPSA) is 68.0 Å². The average molecular weight is 261 g/mol. The van der Waals surface area contributed by atoms with Crippen LogP contribution in [0.25, 0.3) is 0 Å². The molecule has 0 aliphatic heterocycles. The monoisotopic (exact) mass is 261 g/mol. The number of aromatic nitrogens is 1. The van der Waals surface area contributed by atoms with Crippen LogP contribution in [0.2, 0.25) is 0 Å². The van der Waals surface area contributed by atoms with E-state index >= 15 is 0 Å². The summed E-state index contributed by atoms with van der Waals surface area (Å²) in [7, 11) is 0. The van der Waals surface area contributed by atoms with Crippen molar-refractivity contribution in [2.24, 2.45) is 11.1 Å². The first-order valence-electron chi connectivity index (χ1n) is 7.06. The summed E-state index contributed by atoms with van der Waals surface area (Å²) < 4.78 is 0. The fraction of sp³-hybridized carbons (Fsp3) is 0.600. The summed E-state index contributed by atoms with van der Waals surface area (Å²) in [5.41, 5.74) is 7.75. The molecule has 1 aliphatic rings. The van der Waals surface area contributed by atoms with Crippen molar-refractivity contribution in [1.29, 1.82) is 0 Å². The van der Waals surface area contributed by atoms with Gasteiger partial charge in [-0.2, -0.15) is 0 Å². The predicted octanol–water partition coefficient (Wildman–Crippen LogP) is 1.92. The zero-order valence-electron chi connectivity index (χ0n) is 11.6. The Balaban J connectivity index is 1.98. The molecule has 0 atom stereocenters. The number of nitrogens with one attached hydrogen (secondary N) is 1. The van der Waals surface area contributed by atoms with Crippen molar-refractivity contribution in [3.63, 3.8) is 0 Å². The molecule has 4 nitrogen and oxygen atoms in total. The summed E-state index contributed by atoms with van der Waals surface area (Å²) in [6.07, 6.45) is 8.86. The van der Waals surface area contributed by atoms with E-state index in [1.165, 1.54) is 6.42 Å². The van der Waals surface area contributed by atoms with Gasteiger partial charge in [-0.15, -0.1) is 0 Å². The van der Waals surface area contributed by atoms with Crippen LogP contribution in [0, 0.1) is 12.3 Å². The molecule has 0 saturated heterocycles. The predicted molar refractivity (Wildman–Crippen MR) is 75.4 cm³/mol. The lowest BCUT2D eigenvalue weighted by molar-refractivity contribution is -0.132. The van der Waals surface area contributed by atoms with Crippen LogP contribution in [0.5, 0.6) is 0 Å². The van der Waals surface area contributed by atoms with Crippen molar-refractivity contribution in [2.45, 2.75) is 45.6 Å². The normalized spacial score (nSPS) is 18.0. The van der Waals surface area contributed by atoms with Crippen LogP contribution in [-0.4, -0.2) is 17.4 Å². The molecule has 4 heteroatoms. The van der Waals surface area contributed by atoms with Crippen molar-refractivity contribution >= 4 is 5.91 Å². The molecule has 1 aromatic heterocycles. The molecule has 19 heavy (non-hydrogen) atoms. The third-order valence-corrected chi connectivity index (χ3v) is 4.26. The van der Waals surface area contributed by atoms with Gasteiger partial charge in [-0.25, -0.2) is 0 Å². The molecule has 1 heterocycles. The second-order valence-electron chi connectivity index (χ2n) is 5.53. The number of aryl methyl sites for hydroxylation is 1. The van der Waals surface area contributed by atoms with Gasteiger partial charge < -0.3 is 11.1 Å². The molecule has 0 spiro atoms. The molecule has 1 aromatic rings. The lowest BCUT2D eigenvalue weighted by Crippen LogP contribution is -2.46. The van der Waals surface area contributed by atoms with Gasteiger partial charge in [0.2, 0.25) is 5.91 Å². The van der Waals surface area contributed by atoms with Gasteiger partial charge >= 0.3 is 0 Å². The van der Waals surface area contributed by atoms with Crippen LogP contribution in [0.15, 0.2) is 18.5 Å². The van der Waals surface area contributed by atoms with Gasteiger partial charge in [-0.3, -0.25) is 9.78 Å². The van der Waals surface area contributed by atoms with Crippen molar-refractivity contribution in [3.8, 4) is 0 Å². The quantitative estimate of drug-likeness (QED) is 0.870. The largest absolute Gasteiger partial charge is 0.351 e. The Bertz CT molecular complexity index is 439. The first-order valence-corrected chi connectivity index (χ1v) is 7.06. The maximum atomic E-state index is 12.4. The molecule has 104 valence electrons. The fourth-order valence-corrected chi connectivity index (χ4v) is 2.82. The highest BCUT2D eigenvalue weighted by Gasteiger charge is 2.37. The Morgan fingerprint density at radius 1 is 1.42 bits per heavy atom. The van der Waals surface area contributed by atoms with E-state index in [0.717, 1.165) is 36.8 Å². The minimum atomic E-state index is -0.334. The Hall–Kier alpha value is -1.42. The third-order valence-electron chi connectivity index (χ3n) is 4.26. The molecule has 2 rings (SSSR count). The van der Waals surface area contributed by atoms with Gasteiger partial charge in [-0.05, 0) is 37.0 Å². The molecule has 0 aromatic carbocycles. The molecule has 0 radical (unpaired) electrons. The van der Waals surface area contributed by atoms with Crippen LogP contribution >= 0.6 is 0 Å². The molecule has 3 N–H and O–H groups in total. The molecule has 0 unspecified atom stereocenters. The summed E-state index contributed by atoms with van der Waals surface area (Å²) in [6.45, 7) is 3.02. The summed E-state index contributed by atoms with van der Waals surface area (Å²) in [5.74, 6) is 0.117. The molecule has 1 fully saturated rings. The van der Waals surface area contributed by atoms with E-state index in [9.17, 15) is 4.79 Å². The van der Waals surface area contributed by atoms with E-state index in [1.54, 1.807) is 6.20 Å². The van der Waals surface area contributed by atoms with Crippen LogP contribution in [-0.2, 0) is 11.3 Å². The highest BCUT2D eigenvalue weighted by Crippen LogP contribution is 2.35. The van der Waals surface area contributed by atoms with E-state index < -0.39 is 0 Å². The first kappa shape index (κ1) is 14.0. The van der Waals surface area contributed by atoms with Crippen LogP contribution < -0.4 is 11.1 Å². The highest BCUT2D eigenvalue weighted by atomic mass is 16.2. The van der Waals surface area contributed by atoms with Crippen molar-refractivity contribution in [2.75, 3.05) is 6.54 Å². The average Bonchev–Trinajstić information content (AvgIpc) is 2.46. The Morgan fingerprint density at radius 2 is 2.16 bits per heavy atom. The highest BCUT2D eigenvalue weighted by molar-refractivity contribution is 5.83. The molecule has 1 amide bonds. The number of carbonyl (C=O) groups excluding carboxylic acids is 1. The van der Waals surface area contributed by atoms with Gasteiger partial charge in [0.05, 0.1) is 5.41 Å². The molecular weight excluding hydrogens is 238 g/mol. The smallest absolute Gasteiger partial charge is 0.227 e. The van der Waals surface area contributed by atoms with E-state index in [2.05, 4.69) is 10.3 Å². The molecule has 0 bridgehead atoms. The minimum Gasteiger partial charge on any atom is -0.351 e. The van der Waals surface area contributed by atoms with Crippen molar-refractivity contribution in [1.82, 2.24) is 10.3 Å². The van der Waals surface area contributed by atoms with E-state index in [0.29, 0.717) is 13.1 Å². The van der Waals surface area contributed by atoms with Gasteiger partial charge in [-0.1, -0.05) is 19.3 Å². The number of pyridine rings is 1. The number of hydrogen-bond donors (Lipinski definition) is 2. The number of amides is 1. The standard InChI is InChI=1S/C15H23N3O/c1-12-9-17-8-5-13(12)10-18-14(19)15(11-16)6-3-2-4-7-15/h5,8-9H,2-4,6-7,10-11,16H2,1H3,(H,18,19). The summed E-state index contributed by atoms with van der Waals surface area (Å²) in [5, 5.41) is 3.05. The number of hydrogen-bond acceptors (Lipinski definition) is 3. The molecule has 1 saturated carbocycles. The lowest BCUT2D eigenvalue weighted by Gasteiger charge is -2.34. The third kappa shape index (κ3) is 3.13. The summed E-state index contributed by atoms with van der Waals surface area (Å²) in [4.78, 5) is 16.5. The van der Waals surface area contributed by atoms with Gasteiger partial charge in [0.15, 0.2) is 0 Å². The zero-order chi connectivity index (χ0) is 13.7. The summed E-state index contributed by atoms with van der Waals surface area (Å²) in [6, 6.07) is 1.95. The number of nitrogens with zero attached hydrogens (tertiary/aromatic N) is 1. The number of nitrogens with two attached hydrogens (primary N) is 1. The van der Waals surface area contributed by atoms with Crippen LogP contribution in [0.1, 0.15) is 43.2 Å². The number of carbonyl (C=O) groups is 1. The van der Waals surface area contributed by atoms with E-state index in [1.807, 2.05) is 19.2 Å². The Morgan fingerprint density at radius 3 is 2.79 bits per heavy atom. The van der Waals surface area contributed by atoms with Crippen molar-refractivity contribution < 1.29 is 4.79 Å². The van der Waals surface area contributed by atoms with Crippen LogP contribution in [0.3, 0.4) is 0 Å². The van der Waals surface area contributed by atoms with Gasteiger partial charge in [0.25, 0.3) is 0 Å². The Kier molecular flexibility index (Phi) is 4.53. The number of rotatable bonds is 4. The summed E-state index contributed by atoms with van der Waals surface area (Å²) >= 11 is 0. The van der Waals surface area contributed by atoms with Crippen molar-refractivity contribution in [3.05, 3.63) is 29.6 Å².